The molecule has 0 radical (unpaired) electrons. The molecule has 6 heterocycles. The van der Waals surface area contributed by atoms with Gasteiger partial charge in [-0.2, -0.15) is 0 Å². The van der Waals surface area contributed by atoms with Crippen molar-refractivity contribution < 1.29 is 27.5 Å². The molecule has 0 aliphatic carbocycles. The van der Waals surface area contributed by atoms with Crippen LogP contribution in [0, 0.1) is 0 Å². The van der Waals surface area contributed by atoms with Crippen LogP contribution in [0.15, 0.2) is 67.3 Å². The molecular weight excluding hydrogens is 472 g/mol. The first-order valence-corrected chi connectivity index (χ1v) is 14.7. The van der Waals surface area contributed by atoms with Crippen LogP contribution in [0.4, 0.5) is 0 Å². The zero-order valence-electron chi connectivity index (χ0n) is 23.1. The molecule has 0 N–H and O–H groups in total. The molecule has 38 heavy (non-hydrogen) atoms. The predicted molar refractivity (Wildman–Crippen MR) is 149 cm³/mol. The molecule has 6 fully saturated rings. The van der Waals surface area contributed by atoms with E-state index < -0.39 is 0 Å². The Balaban J connectivity index is 1.00. The van der Waals surface area contributed by atoms with Crippen LogP contribution in [0.25, 0.3) is 0 Å². The zero-order valence-corrected chi connectivity index (χ0v) is 23.1. The van der Waals surface area contributed by atoms with Gasteiger partial charge in [-0.25, -0.2) is 4.79 Å². The van der Waals surface area contributed by atoms with Gasteiger partial charge in [-0.05, 0) is 0 Å². The first-order valence-electron chi connectivity index (χ1n) is 14.7. The van der Waals surface area contributed by atoms with Crippen molar-refractivity contribution in [3.05, 3.63) is 83.9 Å². The molecule has 2 aromatic rings. The molecule has 0 atom stereocenters. The van der Waals surface area contributed by atoms with Crippen molar-refractivity contribution in [3.8, 4) is 0 Å². The van der Waals surface area contributed by atoms with E-state index in [-0.39, 0.29) is 5.97 Å². The molecule has 202 valence electrons. The second-order valence-electron chi connectivity index (χ2n) is 12.9. The standard InChI is InChI=1S/C32H46N4O2/c1-2-32(37)38-25-24-33-12-15-34(16-13-33,17-14-33)27-30-8-10-31(11-9-30)28-36-21-18-35(19-22-36,20-23-36)26-29-6-4-3-5-7-29/h2-11H,1,12-28H2/q+4. The molecule has 0 amide bonds. The zero-order chi connectivity index (χ0) is 26.1. The van der Waals surface area contributed by atoms with E-state index in [1.165, 1.54) is 128 Å². The molecule has 6 heteroatoms. The topological polar surface area (TPSA) is 26.3 Å². The van der Waals surface area contributed by atoms with E-state index in [1.807, 2.05) is 0 Å². The first-order chi connectivity index (χ1) is 18.4. The van der Waals surface area contributed by atoms with Crippen molar-refractivity contribution in [1.29, 1.82) is 0 Å². The van der Waals surface area contributed by atoms with E-state index in [0.29, 0.717) is 6.61 Å². The van der Waals surface area contributed by atoms with Crippen molar-refractivity contribution in [2.24, 2.45) is 0 Å². The molecule has 6 aliphatic heterocycles. The Labute approximate surface area is 228 Å². The van der Waals surface area contributed by atoms with E-state index in [0.717, 1.165) is 17.6 Å². The lowest BCUT2D eigenvalue weighted by atomic mass is 10.0. The minimum absolute atomic E-state index is 0.300. The lowest BCUT2D eigenvalue weighted by Crippen LogP contribution is -2.75. The highest BCUT2D eigenvalue weighted by Gasteiger charge is 2.50. The van der Waals surface area contributed by atoms with Gasteiger partial charge >= 0.3 is 5.97 Å². The third-order valence-electron chi connectivity index (χ3n) is 10.7. The van der Waals surface area contributed by atoms with Gasteiger partial charge in [0.05, 0.1) is 0 Å². The largest absolute Gasteiger partial charge is 0.457 e. The van der Waals surface area contributed by atoms with Crippen LogP contribution >= 0.6 is 0 Å². The van der Waals surface area contributed by atoms with Crippen molar-refractivity contribution in [2.45, 2.75) is 19.6 Å². The summed E-state index contributed by atoms with van der Waals surface area (Å²) in [5, 5.41) is 0. The number of benzene rings is 2. The van der Waals surface area contributed by atoms with Gasteiger partial charge < -0.3 is 22.7 Å². The third kappa shape index (κ3) is 5.32. The molecule has 0 saturated carbocycles. The van der Waals surface area contributed by atoms with Crippen LogP contribution in [0.5, 0.6) is 0 Å². The molecule has 8 rings (SSSR count). The number of piperazine rings is 6. The molecule has 6 nitrogen and oxygen atoms in total. The summed E-state index contributed by atoms with van der Waals surface area (Å²) in [4.78, 5) is 11.4. The van der Waals surface area contributed by atoms with Crippen molar-refractivity contribution in [2.75, 3.05) is 91.7 Å². The summed E-state index contributed by atoms with van der Waals surface area (Å²) >= 11 is 0. The molecule has 6 saturated heterocycles. The Morgan fingerprint density at radius 2 is 0.974 bits per heavy atom. The summed E-state index contributed by atoms with van der Waals surface area (Å²) in [6.07, 6.45) is 1.26. The maximum atomic E-state index is 11.4. The van der Waals surface area contributed by atoms with E-state index in [4.69, 9.17) is 4.74 Å². The average molecular weight is 519 g/mol. The Morgan fingerprint density at radius 3 is 1.37 bits per heavy atom. The number of rotatable bonds is 10. The maximum absolute atomic E-state index is 11.4. The number of ether oxygens (including phenoxy) is 1. The van der Waals surface area contributed by atoms with Crippen LogP contribution in [0.2, 0.25) is 0 Å². The highest BCUT2D eigenvalue weighted by Crippen LogP contribution is 2.32. The fraction of sp³-hybridized carbons (Fsp3) is 0.531. The second kappa shape index (κ2) is 10.2. The predicted octanol–water partition coefficient (Wildman–Crippen LogP) is 2.94. The summed E-state index contributed by atoms with van der Waals surface area (Å²) < 4.78 is 10.2. The van der Waals surface area contributed by atoms with E-state index in [2.05, 4.69) is 61.2 Å². The maximum Gasteiger partial charge on any atom is 0.330 e. The van der Waals surface area contributed by atoms with Crippen LogP contribution < -0.4 is 0 Å². The number of carbonyl (C=O) groups is 1. The van der Waals surface area contributed by atoms with Gasteiger partial charge in [0.1, 0.15) is 111 Å². The van der Waals surface area contributed by atoms with Gasteiger partial charge in [0.2, 0.25) is 0 Å². The fourth-order valence-corrected chi connectivity index (χ4v) is 7.83. The monoisotopic (exact) mass is 518 g/mol. The quantitative estimate of drug-likeness (QED) is 0.275. The van der Waals surface area contributed by atoms with Crippen molar-refractivity contribution in [1.82, 2.24) is 0 Å². The Bertz CT molecular complexity index is 1100. The molecule has 6 aliphatic rings. The second-order valence-corrected chi connectivity index (χ2v) is 12.9. The number of fused-ring (bicyclic) bond motifs is 6. The molecule has 2 aromatic carbocycles. The molecule has 0 unspecified atom stereocenters. The van der Waals surface area contributed by atoms with E-state index in [1.54, 1.807) is 0 Å². The average Bonchev–Trinajstić information content (AvgIpc) is 2.96. The van der Waals surface area contributed by atoms with Crippen LogP contribution in [-0.4, -0.2) is 116 Å². The fourth-order valence-electron chi connectivity index (χ4n) is 7.83. The smallest absolute Gasteiger partial charge is 0.330 e. The third-order valence-corrected chi connectivity index (χ3v) is 10.7. The van der Waals surface area contributed by atoms with Gasteiger partial charge in [0.25, 0.3) is 0 Å². The van der Waals surface area contributed by atoms with Crippen LogP contribution in [0.3, 0.4) is 0 Å². The Kier molecular flexibility index (Phi) is 6.93. The lowest BCUT2D eigenvalue weighted by molar-refractivity contribution is -1.09. The number of esters is 1. The highest BCUT2D eigenvalue weighted by molar-refractivity contribution is 5.81. The summed E-state index contributed by atoms with van der Waals surface area (Å²) in [6.45, 7) is 23.8. The van der Waals surface area contributed by atoms with Crippen LogP contribution in [-0.2, 0) is 29.2 Å². The number of quaternary nitrogens is 4. The number of hydrogen-bond donors (Lipinski definition) is 0. The van der Waals surface area contributed by atoms with Gasteiger partial charge in [-0.1, -0.05) is 61.2 Å². The first kappa shape index (κ1) is 25.8. The van der Waals surface area contributed by atoms with Crippen molar-refractivity contribution >= 4 is 5.97 Å². The number of hydrogen-bond acceptors (Lipinski definition) is 2. The normalized spacial score (nSPS) is 33.7. The van der Waals surface area contributed by atoms with Gasteiger partial charge in [0.15, 0.2) is 0 Å². The molecule has 4 bridgehead atoms. The minimum atomic E-state index is -0.300. The number of carbonyl (C=O) groups excluding carboxylic acids is 1. The molecular formula is C32H46N4O2+4. The van der Waals surface area contributed by atoms with Gasteiger partial charge in [-0.15, -0.1) is 0 Å². The van der Waals surface area contributed by atoms with Gasteiger partial charge in [0, 0.05) is 22.8 Å². The van der Waals surface area contributed by atoms with E-state index >= 15 is 0 Å². The SMILES string of the molecule is C=CC(=O)OCC[N+]12CC[N+](Cc3ccc(C[N+]45CC[N+](Cc6ccccc6)(CC4)CC5)cc3)(CC1)CC2. The number of nitrogens with zero attached hydrogens (tertiary/aromatic N) is 4. The minimum Gasteiger partial charge on any atom is -0.457 e. The van der Waals surface area contributed by atoms with Crippen molar-refractivity contribution in [3.63, 3.8) is 0 Å². The molecule has 0 aromatic heterocycles. The summed E-state index contributed by atoms with van der Waals surface area (Å²) in [6, 6.07) is 20.8. The summed E-state index contributed by atoms with van der Waals surface area (Å²) in [5.74, 6) is -0.300. The van der Waals surface area contributed by atoms with Crippen LogP contribution in [0.1, 0.15) is 16.7 Å². The van der Waals surface area contributed by atoms with E-state index in [9.17, 15) is 4.79 Å². The Hall–Kier alpha value is -2.51. The summed E-state index contributed by atoms with van der Waals surface area (Å²) in [5.41, 5.74) is 4.50. The Morgan fingerprint density at radius 1 is 0.605 bits per heavy atom. The lowest BCUT2D eigenvalue weighted by Gasteiger charge is -2.55. The highest BCUT2D eigenvalue weighted by atomic mass is 16.5. The molecule has 0 spiro atoms. The van der Waals surface area contributed by atoms with Gasteiger partial charge in [-0.3, -0.25) is 0 Å². The summed E-state index contributed by atoms with van der Waals surface area (Å²) in [7, 11) is 0.